The molecule has 3 aromatic rings. The SMILES string of the molecule is CC(C)[C@H](NC(=O)c1ccc(CN2C(=O)CCC2=O)cc1)c1nc2ccccc2[nH]1. The molecule has 2 N–H and O–H groups in total. The van der Waals surface area contributed by atoms with Crippen LogP contribution in [0.25, 0.3) is 11.0 Å². The molecule has 1 aromatic heterocycles. The Morgan fingerprint density at radius 2 is 1.73 bits per heavy atom. The van der Waals surface area contributed by atoms with Gasteiger partial charge in [0.25, 0.3) is 5.91 Å². The summed E-state index contributed by atoms with van der Waals surface area (Å²) in [6, 6.07) is 14.5. The van der Waals surface area contributed by atoms with E-state index in [-0.39, 0.29) is 49.1 Å². The second-order valence-corrected chi connectivity index (χ2v) is 7.90. The number of amides is 3. The number of rotatable bonds is 6. The Morgan fingerprint density at radius 3 is 2.37 bits per heavy atom. The number of imidazole rings is 1. The van der Waals surface area contributed by atoms with Gasteiger partial charge in [-0.1, -0.05) is 38.1 Å². The van der Waals surface area contributed by atoms with E-state index in [0.29, 0.717) is 5.56 Å². The van der Waals surface area contributed by atoms with Crippen molar-refractivity contribution in [2.24, 2.45) is 5.92 Å². The van der Waals surface area contributed by atoms with Gasteiger partial charge in [-0.15, -0.1) is 0 Å². The van der Waals surface area contributed by atoms with Crippen LogP contribution in [0.5, 0.6) is 0 Å². The van der Waals surface area contributed by atoms with Crippen molar-refractivity contribution in [2.45, 2.75) is 39.3 Å². The Morgan fingerprint density at radius 1 is 1.07 bits per heavy atom. The lowest BCUT2D eigenvalue weighted by Gasteiger charge is -2.20. The van der Waals surface area contributed by atoms with Crippen molar-refractivity contribution >= 4 is 28.8 Å². The van der Waals surface area contributed by atoms with Crippen LogP contribution in [-0.4, -0.2) is 32.6 Å². The van der Waals surface area contributed by atoms with Crippen LogP contribution in [0.2, 0.25) is 0 Å². The number of imide groups is 1. The van der Waals surface area contributed by atoms with Crippen LogP contribution in [0.4, 0.5) is 0 Å². The number of nitrogens with one attached hydrogen (secondary N) is 2. The summed E-state index contributed by atoms with van der Waals surface area (Å²) in [5, 5.41) is 3.07. The number of fused-ring (bicyclic) bond motifs is 1. The van der Waals surface area contributed by atoms with E-state index in [2.05, 4.69) is 15.3 Å². The van der Waals surface area contributed by atoms with Gasteiger partial charge in [0, 0.05) is 18.4 Å². The van der Waals surface area contributed by atoms with Crippen LogP contribution < -0.4 is 5.32 Å². The number of aromatic amines is 1. The lowest BCUT2D eigenvalue weighted by Crippen LogP contribution is -2.32. The first-order valence-corrected chi connectivity index (χ1v) is 10.1. The minimum Gasteiger partial charge on any atom is -0.342 e. The maximum atomic E-state index is 12.8. The largest absolute Gasteiger partial charge is 0.342 e. The van der Waals surface area contributed by atoms with Gasteiger partial charge in [-0.2, -0.15) is 0 Å². The lowest BCUT2D eigenvalue weighted by molar-refractivity contribution is -0.139. The molecule has 0 saturated carbocycles. The molecule has 1 aliphatic heterocycles. The van der Waals surface area contributed by atoms with Gasteiger partial charge < -0.3 is 10.3 Å². The minimum absolute atomic E-state index is 0.140. The number of carbonyl (C=O) groups excluding carboxylic acids is 3. The topological polar surface area (TPSA) is 95.2 Å². The summed E-state index contributed by atoms with van der Waals surface area (Å²) in [6.07, 6.45) is 0.551. The third kappa shape index (κ3) is 3.96. The van der Waals surface area contributed by atoms with E-state index in [1.165, 1.54) is 4.90 Å². The van der Waals surface area contributed by atoms with E-state index >= 15 is 0 Å². The molecule has 0 spiro atoms. The average molecular weight is 404 g/mol. The normalized spacial score (nSPS) is 15.2. The molecule has 3 amide bonds. The summed E-state index contributed by atoms with van der Waals surface area (Å²) in [6.45, 7) is 4.31. The van der Waals surface area contributed by atoms with Gasteiger partial charge in [-0.25, -0.2) is 4.98 Å². The number of nitrogens with zero attached hydrogens (tertiary/aromatic N) is 2. The van der Waals surface area contributed by atoms with Crippen molar-refractivity contribution in [3.05, 3.63) is 65.5 Å². The Bertz CT molecular complexity index is 1050. The Labute approximate surface area is 174 Å². The van der Waals surface area contributed by atoms with E-state index in [1.807, 2.05) is 38.1 Å². The van der Waals surface area contributed by atoms with Crippen LogP contribution in [0.1, 0.15) is 54.5 Å². The number of carbonyl (C=O) groups is 3. The first kappa shape index (κ1) is 19.8. The van der Waals surface area contributed by atoms with Crippen molar-refractivity contribution in [3.63, 3.8) is 0 Å². The maximum Gasteiger partial charge on any atom is 0.251 e. The van der Waals surface area contributed by atoms with Gasteiger partial charge in [0.15, 0.2) is 0 Å². The van der Waals surface area contributed by atoms with Crippen molar-refractivity contribution in [3.8, 4) is 0 Å². The van der Waals surface area contributed by atoms with E-state index in [1.54, 1.807) is 24.3 Å². The second kappa shape index (κ2) is 8.10. The quantitative estimate of drug-likeness (QED) is 0.616. The molecule has 1 atom stereocenters. The molecule has 7 heteroatoms. The molecule has 0 unspecified atom stereocenters. The third-order valence-electron chi connectivity index (χ3n) is 5.37. The van der Waals surface area contributed by atoms with Gasteiger partial charge in [-0.3, -0.25) is 19.3 Å². The van der Waals surface area contributed by atoms with E-state index in [9.17, 15) is 14.4 Å². The number of para-hydroxylation sites is 2. The summed E-state index contributed by atoms with van der Waals surface area (Å²) < 4.78 is 0. The van der Waals surface area contributed by atoms with E-state index < -0.39 is 0 Å². The molecule has 30 heavy (non-hydrogen) atoms. The lowest BCUT2D eigenvalue weighted by atomic mass is 10.0. The maximum absolute atomic E-state index is 12.8. The van der Waals surface area contributed by atoms with E-state index in [4.69, 9.17) is 0 Å². The highest BCUT2D eigenvalue weighted by Crippen LogP contribution is 2.23. The molecule has 0 radical (unpaired) electrons. The van der Waals surface area contributed by atoms with Crippen molar-refractivity contribution in [1.82, 2.24) is 20.2 Å². The first-order valence-electron chi connectivity index (χ1n) is 10.1. The Balaban J connectivity index is 1.47. The van der Waals surface area contributed by atoms with Crippen molar-refractivity contribution in [2.75, 3.05) is 0 Å². The number of likely N-dealkylation sites (tertiary alicyclic amines) is 1. The molecule has 2 aromatic carbocycles. The number of H-pyrrole nitrogens is 1. The summed E-state index contributed by atoms with van der Waals surface area (Å²) in [7, 11) is 0. The molecule has 1 saturated heterocycles. The second-order valence-electron chi connectivity index (χ2n) is 7.90. The van der Waals surface area contributed by atoms with Crippen molar-refractivity contribution < 1.29 is 14.4 Å². The molecule has 7 nitrogen and oxygen atoms in total. The van der Waals surface area contributed by atoms with Gasteiger partial charge in [-0.05, 0) is 35.7 Å². The molecule has 4 rings (SSSR count). The van der Waals surface area contributed by atoms with Crippen LogP contribution >= 0.6 is 0 Å². The Hall–Kier alpha value is -3.48. The molecular formula is C23H24N4O3. The minimum atomic E-state index is -0.260. The monoisotopic (exact) mass is 404 g/mol. The van der Waals surface area contributed by atoms with Gasteiger partial charge in [0.05, 0.1) is 23.6 Å². The predicted octanol–water partition coefficient (Wildman–Crippen LogP) is 3.34. The standard InChI is InChI=1S/C23H24N4O3/c1-14(2)21(22-24-17-5-3-4-6-18(17)25-22)26-23(30)16-9-7-15(8-10-16)13-27-19(28)11-12-20(27)29/h3-10,14,21H,11-13H2,1-2H3,(H,24,25)(H,26,30)/t21-/m0/s1. The summed E-state index contributed by atoms with van der Waals surface area (Å²) in [5.41, 5.74) is 3.12. The zero-order valence-corrected chi connectivity index (χ0v) is 17.0. The zero-order valence-electron chi connectivity index (χ0n) is 17.0. The van der Waals surface area contributed by atoms with Crippen LogP contribution in [0.15, 0.2) is 48.5 Å². The highest BCUT2D eigenvalue weighted by molar-refractivity contribution is 6.01. The first-order chi connectivity index (χ1) is 14.4. The highest BCUT2D eigenvalue weighted by atomic mass is 16.2. The number of aromatic nitrogens is 2. The van der Waals surface area contributed by atoms with Gasteiger partial charge in [0.1, 0.15) is 5.82 Å². The number of benzene rings is 2. The summed E-state index contributed by atoms with van der Waals surface area (Å²) in [4.78, 5) is 45.6. The van der Waals surface area contributed by atoms with Crippen molar-refractivity contribution in [1.29, 1.82) is 0 Å². The van der Waals surface area contributed by atoms with Crippen LogP contribution in [0.3, 0.4) is 0 Å². The number of hydrogen-bond acceptors (Lipinski definition) is 4. The molecular weight excluding hydrogens is 380 g/mol. The number of hydrogen-bond donors (Lipinski definition) is 2. The average Bonchev–Trinajstić information content (AvgIpc) is 3.30. The smallest absolute Gasteiger partial charge is 0.251 e. The summed E-state index contributed by atoms with van der Waals surface area (Å²) in [5.74, 6) is 0.372. The molecule has 0 bridgehead atoms. The summed E-state index contributed by atoms with van der Waals surface area (Å²) >= 11 is 0. The molecule has 154 valence electrons. The predicted molar refractivity (Wildman–Crippen MR) is 112 cm³/mol. The fourth-order valence-electron chi connectivity index (χ4n) is 3.64. The van der Waals surface area contributed by atoms with Crippen LogP contribution in [0, 0.1) is 5.92 Å². The van der Waals surface area contributed by atoms with E-state index in [0.717, 1.165) is 22.4 Å². The fourth-order valence-corrected chi connectivity index (χ4v) is 3.64. The zero-order chi connectivity index (χ0) is 21.3. The van der Waals surface area contributed by atoms with Gasteiger partial charge >= 0.3 is 0 Å². The molecule has 0 aliphatic carbocycles. The van der Waals surface area contributed by atoms with Crippen LogP contribution in [-0.2, 0) is 16.1 Å². The molecule has 1 fully saturated rings. The molecule has 2 heterocycles. The highest BCUT2D eigenvalue weighted by Gasteiger charge is 2.28. The third-order valence-corrected chi connectivity index (χ3v) is 5.37. The molecule has 1 aliphatic rings. The Kier molecular flexibility index (Phi) is 5.35. The fraction of sp³-hybridized carbons (Fsp3) is 0.304. The van der Waals surface area contributed by atoms with Gasteiger partial charge in [0.2, 0.25) is 11.8 Å².